The molecule has 0 amide bonds. The second kappa shape index (κ2) is 4.18. The minimum absolute atomic E-state index is 0.0807. The molecule has 0 aromatic heterocycles. The average molecular weight is 279 g/mol. The van der Waals surface area contributed by atoms with Crippen LogP contribution in [-0.2, 0) is 0 Å². The molecule has 0 saturated heterocycles. The minimum atomic E-state index is 0.0807. The molecule has 0 bridgehead atoms. The van der Waals surface area contributed by atoms with Gasteiger partial charge in [0.2, 0.25) is 0 Å². The zero-order valence-corrected chi connectivity index (χ0v) is 10.3. The fourth-order valence-electron chi connectivity index (χ4n) is 1.59. The van der Waals surface area contributed by atoms with E-state index in [-0.39, 0.29) is 11.5 Å². The van der Waals surface area contributed by atoms with E-state index in [1.54, 1.807) is 13.0 Å². The van der Waals surface area contributed by atoms with Gasteiger partial charge in [-0.25, -0.2) is 0 Å². The molecule has 0 spiro atoms. The summed E-state index contributed by atoms with van der Waals surface area (Å²) in [5.74, 6) is 0.198. The van der Waals surface area contributed by atoms with Crippen molar-refractivity contribution in [2.75, 3.05) is 0 Å². The fourth-order valence-corrected chi connectivity index (χ4v) is 2.12. The molecule has 2 aromatic rings. The van der Waals surface area contributed by atoms with Crippen LogP contribution in [-0.4, -0.2) is 10.2 Å². The van der Waals surface area contributed by atoms with Gasteiger partial charge in [0.05, 0.1) is 4.47 Å². The Bertz CT molecular complexity index is 521. The lowest BCUT2D eigenvalue weighted by Crippen LogP contribution is -1.85. The molecule has 0 aliphatic heterocycles. The van der Waals surface area contributed by atoms with Gasteiger partial charge in [0.15, 0.2) is 0 Å². The van der Waals surface area contributed by atoms with Crippen LogP contribution in [0.3, 0.4) is 0 Å². The molecule has 0 heterocycles. The van der Waals surface area contributed by atoms with E-state index >= 15 is 0 Å². The highest BCUT2D eigenvalue weighted by Crippen LogP contribution is 2.41. The number of halogens is 1. The van der Waals surface area contributed by atoms with Gasteiger partial charge in [-0.3, -0.25) is 0 Å². The molecule has 82 valence electrons. The summed E-state index contributed by atoms with van der Waals surface area (Å²) in [5, 5.41) is 19.6. The van der Waals surface area contributed by atoms with E-state index in [0.717, 1.165) is 5.56 Å². The molecular formula is C13H11BrO2. The standard InChI is InChI=1S/C13H11BrO2/c1-8-12(15)10(7-11(14)13(8)16)9-5-3-2-4-6-9/h2-7,15-16H,1H3. The van der Waals surface area contributed by atoms with Crippen molar-refractivity contribution >= 4 is 15.9 Å². The molecule has 2 N–H and O–H groups in total. The molecule has 2 rings (SSSR count). The van der Waals surface area contributed by atoms with E-state index in [9.17, 15) is 10.2 Å². The third-order valence-corrected chi connectivity index (χ3v) is 3.15. The fraction of sp³-hybridized carbons (Fsp3) is 0.0769. The number of phenols is 2. The van der Waals surface area contributed by atoms with Crippen LogP contribution in [0.2, 0.25) is 0 Å². The highest BCUT2D eigenvalue weighted by Gasteiger charge is 2.13. The van der Waals surface area contributed by atoms with E-state index in [1.807, 2.05) is 30.3 Å². The van der Waals surface area contributed by atoms with Crippen molar-refractivity contribution in [3.8, 4) is 22.6 Å². The van der Waals surface area contributed by atoms with Gasteiger partial charge in [-0.1, -0.05) is 30.3 Å². The highest BCUT2D eigenvalue weighted by atomic mass is 79.9. The average Bonchev–Trinajstić information content (AvgIpc) is 2.32. The van der Waals surface area contributed by atoms with Gasteiger partial charge >= 0.3 is 0 Å². The van der Waals surface area contributed by atoms with E-state index in [4.69, 9.17) is 0 Å². The number of rotatable bonds is 1. The summed E-state index contributed by atoms with van der Waals surface area (Å²) in [6.45, 7) is 1.68. The zero-order chi connectivity index (χ0) is 11.7. The van der Waals surface area contributed by atoms with E-state index in [2.05, 4.69) is 15.9 Å². The molecule has 16 heavy (non-hydrogen) atoms. The van der Waals surface area contributed by atoms with Gasteiger partial charge < -0.3 is 10.2 Å². The third kappa shape index (κ3) is 1.78. The van der Waals surface area contributed by atoms with Gasteiger partial charge in [-0.2, -0.15) is 0 Å². The first-order valence-electron chi connectivity index (χ1n) is 4.87. The van der Waals surface area contributed by atoms with Crippen LogP contribution >= 0.6 is 15.9 Å². The quantitative estimate of drug-likeness (QED) is 0.832. The summed E-state index contributed by atoms with van der Waals surface area (Å²) >= 11 is 3.27. The molecule has 0 atom stereocenters. The van der Waals surface area contributed by atoms with Gasteiger partial charge in [0.1, 0.15) is 11.5 Å². The predicted molar refractivity (Wildman–Crippen MR) is 67.6 cm³/mol. The number of benzene rings is 2. The Labute approximate surface area is 102 Å². The summed E-state index contributed by atoms with van der Waals surface area (Å²) < 4.78 is 0.585. The van der Waals surface area contributed by atoms with Crippen molar-refractivity contribution in [1.82, 2.24) is 0 Å². The summed E-state index contributed by atoms with van der Waals surface area (Å²) in [4.78, 5) is 0. The summed E-state index contributed by atoms with van der Waals surface area (Å²) in [6.07, 6.45) is 0. The lowest BCUT2D eigenvalue weighted by molar-refractivity contribution is 0.442. The van der Waals surface area contributed by atoms with Gasteiger partial charge in [0.25, 0.3) is 0 Å². The maximum absolute atomic E-state index is 9.98. The lowest BCUT2D eigenvalue weighted by atomic mass is 10.0. The number of phenolic OH excluding ortho intramolecular Hbond substituents is 2. The third-order valence-electron chi connectivity index (χ3n) is 2.55. The van der Waals surface area contributed by atoms with Crippen LogP contribution in [0, 0.1) is 6.92 Å². The van der Waals surface area contributed by atoms with Gasteiger partial charge in [-0.05, 0) is 34.5 Å². The summed E-state index contributed by atoms with van der Waals surface area (Å²) in [5.41, 5.74) is 2.11. The Morgan fingerprint density at radius 1 is 1.00 bits per heavy atom. The van der Waals surface area contributed by atoms with Crippen molar-refractivity contribution in [2.45, 2.75) is 6.92 Å². The first kappa shape index (κ1) is 11.0. The SMILES string of the molecule is Cc1c(O)c(Br)cc(-c2ccccc2)c1O. The van der Waals surface area contributed by atoms with Crippen LogP contribution in [0.15, 0.2) is 40.9 Å². The van der Waals surface area contributed by atoms with Crippen molar-refractivity contribution < 1.29 is 10.2 Å². The molecule has 0 aliphatic rings. The molecule has 0 radical (unpaired) electrons. The summed E-state index contributed by atoms with van der Waals surface area (Å²) in [6, 6.07) is 11.3. The van der Waals surface area contributed by atoms with Crippen LogP contribution in [0.5, 0.6) is 11.5 Å². The van der Waals surface area contributed by atoms with Crippen LogP contribution in [0.25, 0.3) is 11.1 Å². The number of hydrogen-bond acceptors (Lipinski definition) is 2. The number of aromatic hydroxyl groups is 2. The molecule has 0 saturated carbocycles. The first-order valence-corrected chi connectivity index (χ1v) is 5.67. The van der Waals surface area contributed by atoms with Crippen molar-refractivity contribution in [3.63, 3.8) is 0 Å². The second-order valence-electron chi connectivity index (χ2n) is 3.59. The molecule has 2 aromatic carbocycles. The Kier molecular flexibility index (Phi) is 2.88. The normalized spacial score (nSPS) is 10.4. The predicted octanol–water partition coefficient (Wildman–Crippen LogP) is 3.84. The van der Waals surface area contributed by atoms with Crippen molar-refractivity contribution in [1.29, 1.82) is 0 Å². The maximum atomic E-state index is 9.98. The largest absolute Gasteiger partial charge is 0.507 e. The first-order chi connectivity index (χ1) is 7.61. The molecule has 2 nitrogen and oxygen atoms in total. The lowest BCUT2D eigenvalue weighted by Gasteiger charge is -2.10. The van der Waals surface area contributed by atoms with Crippen LogP contribution < -0.4 is 0 Å². The van der Waals surface area contributed by atoms with E-state index < -0.39 is 0 Å². The smallest absolute Gasteiger partial charge is 0.136 e. The van der Waals surface area contributed by atoms with E-state index in [0.29, 0.717) is 15.6 Å². The molecular weight excluding hydrogens is 268 g/mol. The van der Waals surface area contributed by atoms with Crippen LogP contribution in [0.4, 0.5) is 0 Å². The monoisotopic (exact) mass is 278 g/mol. The molecule has 0 unspecified atom stereocenters. The Hall–Kier alpha value is -1.48. The molecule has 3 heteroatoms. The highest BCUT2D eigenvalue weighted by molar-refractivity contribution is 9.10. The topological polar surface area (TPSA) is 40.5 Å². The van der Waals surface area contributed by atoms with Gasteiger partial charge in [-0.15, -0.1) is 0 Å². The zero-order valence-electron chi connectivity index (χ0n) is 8.74. The molecule has 0 fully saturated rings. The molecule has 0 aliphatic carbocycles. The van der Waals surface area contributed by atoms with Crippen molar-refractivity contribution in [2.24, 2.45) is 0 Å². The number of hydrogen-bond donors (Lipinski definition) is 2. The maximum Gasteiger partial charge on any atom is 0.136 e. The van der Waals surface area contributed by atoms with Crippen molar-refractivity contribution in [3.05, 3.63) is 46.4 Å². The van der Waals surface area contributed by atoms with Gasteiger partial charge in [0, 0.05) is 11.1 Å². The van der Waals surface area contributed by atoms with E-state index in [1.165, 1.54) is 0 Å². The minimum Gasteiger partial charge on any atom is -0.507 e. The Morgan fingerprint density at radius 2 is 1.62 bits per heavy atom. The second-order valence-corrected chi connectivity index (χ2v) is 4.45. The Balaban J connectivity index is 2.68. The Morgan fingerprint density at radius 3 is 2.25 bits per heavy atom. The van der Waals surface area contributed by atoms with Crippen LogP contribution in [0.1, 0.15) is 5.56 Å². The summed E-state index contributed by atoms with van der Waals surface area (Å²) in [7, 11) is 0.